The topological polar surface area (TPSA) is 20.3 Å². The third-order valence-electron chi connectivity index (χ3n) is 2.42. The first-order valence-electron chi connectivity index (χ1n) is 5.37. The third kappa shape index (κ3) is 3.56. The summed E-state index contributed by atoms with van der Waals surface area (Å²) in [6.45, 7) is 10.3. The molecule has 0 atom stereocenters. The van der Waals surface area contributed by atoms with E-state index in [1.54, 1.807) is 17.1 Å². The standard InChI is InChI=1S/C14H16BrNO/c1-4-8-16(9-5-2)14(17)13-10-12(15)7-6-11(13)3/h4-7,10H,1-2,8-9H2,3H3. The van der Waals surface area contributed by atoms with Crippen molar-refractivity contribution < 1.29 is 4.79 Å². The predicted molar refractivity (Wildman–Crippen MR) is 75.2 cm³/mol. The molecule has 0 saturated heterocycles. The van der Waals surface area contributed by atoms with Crippen molar-refractivity contribution in [1.82, 2.24) is 4.90 Å². The van der Waals surface area contributed by atoms with Crippen molar-refractivity contribution in [3.63, 3.8) is 0 Å². The first kappa shape index (κ1) is 13.7. The van der Waals surface area contributed by atoms with E-state index in [0.29, 0.717) is 18.7 Å². The van der Waals surface area contributed by atoms with E-state index in [1.807, 2.05) is 25.1 Å². The van der Waals surface area contributed by atoms with Gasteiger partial charge in [-0.15, -0.1) is 13.2 Å². The van der Waals surface area contributed by atoms with Crippen molar-refractivity contribution in [3.8, 4) is 0 Å². The Balaban J connectivity index is 3.03. The lowest BCUT2D eigenvalue weighted by Crippen LogP contribution is -2.31. The van der Waals surface area contributed by atoms with Crippen LogP contribution in [0.4, 0.5) is 0 Å². The molecule has 1 aromatic carbocycles. The second-order valence-electron chi connectivity index (χ2n) is 3.75. The summed E-state index contributed by atoms with van der Waals surface area (Å²) in [6, 6.07) is 5.70. The average Bonchev–Trinajstić information content (AvgIpc) is 2.31. The van der Waals surface area contributed by atoms with Crippen LogP contribution in [-0.4, -0.2) is 23.9 Å². The lowest BCUT2D eigenvalue weighted by Gasteiger charge is -2.20. The van der Waals surface area contributed by atoms with Crippen LogP contribution in [0.5, 0.6) is 0 Å². The van der Waals surface area contributed by atoms with Gasteiger partial charge in [-0.2, -0.15) is 0 Å². The summed E-state index contributed by atoms with van der Waals surface area (Å²) in [7, 11) is 0. The van der Waals surface area contributed by atoms with Gasteiger partial charge in [0, 0.05) is 23.1 Å². The molecule has 0 saturated carbocycles. The van der Waals surface area contributed by atoms with Crippen LogP contribution in [0.2, 0.25) is 0 Å². The maximum atomic E-state index is 12.3. The minimum atomic E-state index is 0.00333. The summed E-state index contributed by atoms with van der Waals surface area (Å²) in [5.74, 6) is 0.00333. The number of nitrogens with zero attached hydrogens (tertiary/aromatic N) is 1. The number of benzene rings is 1. The smallest absolute Gasteiger partial charge is 0.254 e. The van der Waals surface area contributed by atoms with Crippen molar-refractivity contribution in [1.29, 1.82) is 0 Å². The Morgan fingerprint density at radius 2 is 1.94 bits per heavy atom. The Morgan fingerprint density at radius 3 is 2.47 bits per heavy atom. The number of aryl methyl sites for hydroxylation is 1. The van der Waals surface area contributed by atoms with Gasteiger partial charge in [-0.25, -0.2) is 0 Å². The van der Waals surface area contributed by atoms with Crippen molar-refractivity contribution in [3.05, 3.63) is 59.1 Å². The zero-order chi connectivity index (χ0) is 12.8. The third-order valence-corrected chi connectivity index (χ3v) is 2.91. The van der Waals surface area contributed by atoms with Crippen LogP contribution in [0, 0.1) is 6.92 Å². The Hall–Kier alpha value is -1.35. The molecule has 0 N–H and O–H groups in total. The fourth-order valence-corrected chi connectivity index (χ4v) is 1.91. The SMILES string of the molecule is C=CCN(CC=C)C(=O)c1cc(Br)ccc1C. The Morgan fingerprint density at radius 1 is 1.35 bits per heavy atom. The second kappa shape index (κ2) is 6.40. The van der Waals surface area contributed by atoms with E-state index in [1.165, 1.54) is 0 Å². The van der Waals surface area contributed by atoms with Crippen LogP contribution >= 0.6 is 15.9 Å². The molecule has 1 amide bonds. The highest BCUT2D eigenvalue weighted by atomic mass is 79.9. The van der Waals surface area contributed by atoms with Gasteiger partial charge in [0.2, 0.25) is 0 Å². The lowest BCUT2D eigenvalue weighted by atomic mass is 10.1. The predicted octanol–water partition coefficient (Wildman–Crippen LogP) is 3.57. The van der Waals surface area contributed by atoms with Gasteiger partial charge in [0.15, 0.2) is 0 Å². The summed E-state index contributed by atoms with van der Waals surface area (Å²) in [4.78, 5) is 14.0. The van der Waals surface area contributed by atoms with Gasteiger partial charge in [-0.3, -0.25) is 4.79 Å². The maximum absolute atomic E-state index is 12.3. The summed E-state index contributed by atoms with van der Waals surface area (Å²) >= 11 is 3.38. The summed E-state index contributed by atoms with van der Waals surface area (Å²) in [5, 5.41) is 0. The molecule has 1 rings (SSSR count). The second-order valence-corrected chi connectivity index (χ2v) is 4.66. The van der Waals surface area contributed by atoms with Crippen LogP contribution in [-0.2, 0) is 0 Å². The number of carbonyl (C=O) groups excluding carboxylic acids is 1. The van der Waals surface area contributed by atoms with Gasteiger partial charge in [-0.05, 0) is 24.6 Å². The zero-order valence-corrected chi connectivity index (χ0v) is 11.5. The number of amides is 1. The molecule has 90 valence electrons. The van der Waals surface area contributed by atoms with Gasteiger partial charge in [-0.1, -0.05) is 34.1 Å². The molecular formula is C14H16BrNO. The number of hydrogen-bond donors (Lipinski definition) is 0. The molecule has 0 fully saturated rings. The van der Waals surface area contributed by atoms with Crippen LogP contribution in [0.3, 0.4) is 0 Å². The highest BCUT2D eigenvalue weighted by Crippen LogP contribution is 2.17. The van der Waals surface area contributed by atoms with Gasteiger partial charge in [0.05, 0.1) is 0 Å². The Labute approximate surface area is 111 Å². The minimum absolute atomic E-state index is 0.00333. The van der Waals surface area contributed by atoms with E-state index >= 15 is 0 Å². The molecule has 0 aliphatic heterocycles. The summed E-state index contributed by atoms with van der Waals surface area (Å²) in [5.41, 5.74) is 1.68. The van der Waals surface area contributed by atoms with E-state index in [2.05, 4.69) is 29.1 Å². The van der Waals surface area contributed by atoms with Crippen LogP contribution < -0.4 is 0 Å². The monoisotopic (exact) mass is 293 g/mol. The van der Waals surface area contributed by atoms with E-state index in [4.69, 9.17) is 0 Å². The molecule has 0 unspecified atom stereocenters. The number of hydrogen-bond acceptors (Lipinski definition) is 1. The summed E-state index contributed by atoms with van der Waals surface area (Å²) < 4.78 is 0.906. The largest absolute Gasteiger partial charge is 0.331 e. The van der Waals surface area contributed by atoms with Crippen molar-refractivity contribution in [2.75, 3.05) is 13.1 Å². The molecule has 0 heterocycles. The maximum Gasteiger partial charge on any atom is 0.254 e. The number of rotatable bonds is 5. The first-order chi connectivity index (χ1) is 8.10. The van der Waals surface area contributed by atoms with Crippen molar-refractivity contribution in [2.45, 2.75) is 6.92 Å². The number of carbonyl (C=O) groups is 1. The van der Waals surface area contributed by atoms with E-state index in [0.717, 1.165) is 10.0 Å². The normalized spacial score (nSPS) is 9.76. The molecule has 0 bridgehead atoms. The van der Waals surface area contributed by atoms with Crippen LogP contribution in [0.15, 0.2) is 48.0 Å². The first-order valence-corrected chi connectivity index (χ1v) is 6.16. The van der Waals surface area contributed by atoms with Crippen molar-refractivity contribution in [2.24, 2.45) is 0 Å². The fraction of sp³-hybridized carbons (Fsp3) is 0.214. The zero-order valence-electron chi connectivity index (χ0n) is 9.95. The highest BCUT2D eigenvalue weighted by molar-refractivity contribution is 9.10. The Kier molecular flexibility index (Phi) is 5.16. The van der Waals surface area contributed by atoms with Gasteiger partial charge >= 0.3 is 0 Å². The Bertz CT molecular complexity index is 430. The van der Waals surface area contributed by atoms with Crippen molar-refractivity contribution >= 4 is 21.8 Å². The minimum Gasteiger partial charge on any atom is -0.331 e. The van der Waals surface area contributed by atoms with Gasteiger partial charge in [0.1, 0.15) is 0 Å². The molecule has 0 radical (unpaired) electrons. The quantitative estimate of drug-likeness (QED) is 0.760. The molecule has 0 aliphatic carbocycles. The highest BCUT2D eigenvalue weighted by Gasteiger charge is 2.15. The van der Waals surface area contributed by atoms with Gasteiger partial charge in [0.25, 0.3) is 5.91 Å². The molecule has 3 heteroatoms. The van der Waals surface area contributed by atoms with Crippen LogP contribution in [0.1, 0.15) is 15.9 Å². The van der Waals surface area contributed by atoms with E-state index in [9.17, 15) is 4.79 Å². The molecule has 2 nitrogen and oxygen atoms in total. The van der Waals surface area contributed by atoms with Crippen LogP contribution in [0.25, 0.3) is 0 Å². The molecular weight excluding hydrogens is 278 g/mol. The molecule has 17 heavy (non-hydrogen) atoms. The molecule has 0 aromatic heterocycles. The van der Waals surface area contributed by atoms with Gasteiger partial charge < -0.3 is 4.90 Å². The fourth-order valence-electron chi connectivity index (χ4n) is 1.55. The number of halogens is 1. The summed E-state index contributed by atoms with van der Waals surface area (Å²) in [6.07, 6.45) is 3.43. The van der Waals surface area contributed by atoms with E-state index < -0.39 is 0 Å². The lowest BCUT2D eigenvalue weighted by molar-refractivity contribution is 0.0790. The molecule has 1 aromatic rings. The molecule has 0 spiro atoms. The average molecular weight is 294 g/mol. The molecule has 0 aliphatic rings. The van der Waals surface area contributed by atoms with E-state index in [-0.39, 0.29) is 5.91 Å².